The summed E-state index contributed by atoms with van der Waals surface area (Å²) in [5.41, 5.74) is 2.54. The average Bonchev–Trinajstić information content (AvgIpc) is 2.29. The highest BCUT2D eigenvalue weighted by Gasteiger charge is 2.01. The minimum Gasteiger partial charge on any atom is -0.370 e. The minimum atomic E-state index is 0.654. The zero-order valence-electron chi connectivity index (χ0n) is 9.38. The predicted octanol–water partition coefficient (Wildman–Crippen LogP) is 1.54. The maximum Gasteiger partial charge on any atom is 0.145 e. The summed E-state index contributed by atoms with van der Waals surface area (Å²) in [6.07, 6.45) is 3.11. The molecule has 5 heteroatoms. The molecule has 0 aromatic carbocycles. The van der Waals surface area contributed by atoms with E-state index in [0.29, 0.717) is 5.82 Å². The fourth-order valence-electron chi connectivity index (χ4n) is 1.21. The molecule has 1 aromatic rings. The van der Waals surface area contributed by atoms with Crippen molar-refractivity contribution in [2.75, 3.05) is 17.3 Å². The molecule has 0 spiro atoms. The molecule has 84 valence electrons. The number of nitrogen functional groups attached to an aromatic ring is 1. The second-order valence-corrected chi connectivity index (χ2v) is 3.33. The van der Waals surface area contributed by atoms with Crippen molar-refractivity contribution in [1.82, 2.24) is 9.97 Å². The number of hydrazine groups is 1. The first-order valence-corrected chi connectivity index (χ1v) is 5.38. The Morgan fingerprint density at radius 3 is 2.60 bits per heavy atom. The van der Waals surface area contributed by atoms with Gasteiger partial charge in [-0.05, 0) is 6.42 Å². The standard InChI is InChI=1S/C10H19N5/c1-3-5-6-12-9-7-10(15-11)14-8(4-2)13-9/h7H,3-6,11H2,1-2H3,(H2,12,13,14,15). The van der Waals surface area contributed by atoms with Gasteiger partial charge in [-0.2, -0.15) is 0 Å². The van der Waals surface area contributed by atoms with Crippen LogP contribution < -0.4 is 16.6 Å². The fraction of sp³-hybridized carbons (Fsp3) is 0.600. The van der Waals surface area contributed by atoms with E-state index in [1.165, 1.54) is 6.42 Å². The number of rotatable bonds is 6. The number of aryl methyl sites for hydroxylation is 1. The molecule has 15 heavy (non-hydrogen) atoms. The molecule has 5 nitrogen and oxygen atoms in total. The number of nitrogens with zero attached hydrogens (tertiary/aromatic N) is 2. The lowest BCUT2D eigenvalue weighted by Crippen LogP contribution is -2.12. The zero-order valence-corrected chi connectivity index (χ0v) is 9.38. The summed E-state index contributed by atoms with van der Waals surface area (Å²) in [5.74, 6) is 7.61. The van der Waals surface area contributed by atoms with Gasteiger partial charge < -0.3 is 10.7 Å². The van der Waals surface area contributed by atoms with E-state index >= 15 is 0 Å². The van der Waals surface area contributed by atoms with Crippen molar-refractivity contribution in [2.24, 2.45) is 5.84 Å². The summed E-state index contributed by atoms with van der Waals surface area (Å²) < 4.78 is 0. The molecule has 0 aliphatic carbocycles. The number of hydrogen-bond donors (Lipinski definition) is 3. The summed E-state index contributed by atoms with van der Waals surface area (Å²) in [7, 11) is 0. The summed E-state index contributed by atoms with van der Waals surface area (Å²) in [6, 6.07) is 1.81. The van der Waals surface area contributed by atoms with Crippen molar-refractivity contribution in [2.45, 2.75) is 33.1 Å². The first-order valence-electron chi connectivity index (χ1n) is 5.38. The molecule has 0 aliphatic rings. The third kappa shape index (κ3) is 3.71. The first kappa shape index (κ1) is 11.7. The van der Waals surface area contributed by atoms with E-state index in [2.05, 4.69) is 27.6 Å². The van der Waals surface area contributed by atoms with Crippen LogP contribution in [0.4, 0.5) is 11.6 Å². The van der Waals surface area contributed by atoms with Crippen LogP contribution in [0.25, 0.3) is 0 Å². The topological polar surface area (TPSA) is 75.9 Å². The normalized spacial score (nSPS) is 10.1. The molecule has 1 aromatic heterocycles. The molecule has 0 radical (unpaired) electrons. The molecule has 0 bridgehead atoms. The highest BCUT2D eigenvalue weighted by atomic mass is 15.3. The van der Waals surface area contributed by atoms with E-state index < -0.39 is 0 Å². The summed E-state index contributed by atoms with van der Waals surface area (Å²) in [4.78, 5) is 8.57. The summed E-state index contributed by atoms with van der Waals surface area (Å²) >= 11 is 0. The van der Waals surface area contributed by atoms with Crippen LogP contribution >= 0.6 is 0 Å². The Bertz CT molecular complexity index is 278. The number of nitrogens with one attached hydrogen (secondary N) is 2. The average molecular weight is 209 g/mol. The van der Waals surface area contributed by atoms with Crippen LogP contribution in [0.2, 0.25) is 0 Å². The largest absolute Gasteiger partial charge is 0.370 e. The first-order chi connectivity index (χ1) is 7.30. The van der Waals surface area contributed by atoms with Gasteiger partial charge in [0.05, 0.1) is 0 Å². The van der Waals surface area contributed by atoms with Crippen LogP contribution in [0, 0.1) is 0 Å². The van der Waals surface area contributed by atoms with Gasteiger partial charge in [0.1, 0.15) is 17.5 Å². The molecule has 0 amide bonds. The van der Waals surface area contributed by atoms with E-state index in [0.717, 1.165) is 31.0 Å². The van der Waals surface area contributed by atoms with Crippen LogP contribution in [0.3, 0.4) is 0 Å². The molecular weight excluding hydrogens is 190 g/mol. The molecule has 4 N–H and O–H groups in total. The van der Waals surface area contributed by atoms with Crippen molar-refractivity contribution in [3.05, 3.63) is 11.9 Å². The Balaban J connectivity index is 2.68. The number of hydrogen-bond acceptors (Lipinski definition) is 5. The monoisotopic (exact) mass is 209 g/mol. The van der Waals surface area contributed by atoms with E-state index in [-0.39, 0.29) is 0 Å². The van der Waals surface area contributed by atoms with Crippen molar-refractivity contribution in [3.8, 4) is 0 Å². The number of unbranched alkanes of at least 4 members (excludes halogenated alkanes) is 1. The molecule has 0 aliphatic heterocycles. The molecule has 0 fully saturated rings. The predicted molar refractivity (Wildman–Crippen MR) is 62.6 cm³/mol. The molecule has 1 rings (SSSR count). The smallest absolute Gasteiger partial charge is 0.145 e. The lowest BCUT2D eigenvalue weighted by Gasteiger charge is -2.08. The van der Waals surface area contributed by atoms with Crippen LogP contribution in [0.15, 0.2) is 6.07 Å². The van der Waals surface area contributed by atoms with E-state index in [1.807, 2.05) is 13.0 Å². The second kappa shape index (κ2) is 6.19. The van der Waals surface area contributed by atoms with Gasteiger partial charge in [-0.25, -0.2) is 15.8 Å². The number of aromatic nitrogens is 2. The van der Waals surface area contributed by atoms with Gasteiger partial charge in [-0.15, -0.1) is 0 Å². The zero-order chi connectivity index (χ0) is 11.1. The van der Waals surface area contributed by atoms with Crippen LogP contribution in [0.1, 0.15) is 32.5 Å². The number of nitrogens with two attached hydrogens (primary N) is 1. The quantitative estimate of drug-likeness (QED) is 0.376. The van der Waals surface area contributed by atoms with Gasteiger partial charge in [0, 0.05) is 19.0 Å². The van der Waals surface area contributed by atoms with Gasteiger partial charge in [-0.3, -0.25) is 0 Å². The van der Waals surface area contributed by atoms with Gasteiger partial charge in [0.15, 0.2) is 0 Å². The molecule has 0 atom stereocenters. The third-order valence-electron chi connectivity index (χ3n) is 2.07. The van der Waals surface area contributed by atoms with Crippen molar-refractivity contribution >= 4 is 11.6 Å². The fourth-order valence-corrected chi connectivity index (χ4v) is 1.21. The van der Waals surface area contributed by atoms with Gasteiger partial charge in [0.25, 0.3) is 0 Å². The lowest BCUT2D eigenvalue weighted by molar-refractivity contribution is 0.826. The van der Waals surface area contributed by atoms with Crippen LogP contribution in [0.5, 0.6) is 0 Å². The van der Waals surface area contributed by atoms with E-state index in [9.17, 15) is 0 Å². The van der Waals surface area contributed by atoms with Crippen LogP contribution in [-0.2, 0) is 6.42 Å². The summed E-state index contributed by atoms with van der Waals surface area (Å²) in [6.45, 7) is 5.11. The Morgan fingerprint density at radius 1 is 1.27 bits per heavy atom. The SMILES string of the molecule is CCCCNc1cc(NN)nc(CC)n1. The van der Waals surface area contributed by atoms with Crippen molar-refractivity contribution < 1.29 is 0 Å². The molecule has 0 saturated heterocycles. The van der Waals surface area contributed by atoms with E-state index in [4.69, 9.17) is 5.84 Å². The highest BCUT2D eigenvalue weighted by molar-refractivity contribution is 5.46. The lowest BCUT2D eigenvalue weighted by atomic mass is 10.3. The van der Waals surface area contributed by atoms with Crippen LogP contribution in [-0.4, -0.2) is 16.5 Å². The van der Waals surface area contributed by atoms with E-state index in [1.54, 1.807) is 0 Å². The Hall–Kier alpha value is -1.36. The van der Waals surface area contributed by atoms with Crippen molar-refractivity contribution in [1.29, 1.82) is 0 Å². The Kier molecular flexibility index (Phi) is 4.83. The van der Waals surface area contributed by atoms with Gasteiger partial charge in [0.2, 0.25) is 0 Å². The molecule has 0 unspecified atom stereocenters. The molecule has 0 saturated carbocycles. The molecule has 1 heterocycles. The molecular formula is C10H19N5. The van der Waals surface area contributed by atoms with Gasteiger partial charge >= 0.3 is 0 Å². The summed E-state index contributed by atoms with van der Waals surface area (Å²) in [5, 5.41) is 3.25. The maximum atomic E-state index is 5.33. The second-order valence-electron chi connectivity index (χ2n) is 3.33. The van der Waals surface area contributed by atoms with Crippen molar-refractivity contribution in [3.63, 3.8) is 0 Å². The highest BCUT2D eigenvalue weighted by Crippen LogP contribution is 2.10. The van der Waals surface area contributed by atoms with Gasteiger partial charge in [-0.1, -0.05) is 20.3 Å². The Morgan fingerprint density at radius 2 is 2.00 bits per heavy atom. The number of anilines is 2. The third-order valence-corrected chi connectivity index (χ3v) is 2.07. The maximum absolute atomic E-state index is 5.33. The minimum absolute atomic E-state index is 0.654. The Labute approximate surface area is 90.5 Å².